The number of amides is 12. The zero-order valence-corrected chi connectivity index (χ0v) is 84.2. The lowest BCUT2D eigenvalue weighted by Crippen LogP contribution is -2.62. The van der Waals surface area contributed by atoms with Gasteiger partial charge in [-0.1, -0.05) is 113 Å². The standard InChI is InChI=1S/C100H136N22O27/c1-47(2)35-65(111-73(126)45-147-122-52(9)100(145)42-60-77(72(43-100)149-75-41-61(101)82(129)51(8)148-75)86(133)79-78(84(60)131)83(130)59-19-14-22-71(146-10)76(59)85(79)132)91(138)113-62(20-15-33-108-98(103)104)88(135)112-63(21-16-34-109-99(105)106)89(136)116-69(39-55-25-29-58(125)30-26-55)96(143)120-80(49(5)6)97(144)119-70(40-56-44-107-46-110-56)95(142)115-66(36-48(3)4)92(139)117-67(37-53-17-12-11-13-18-53)94(141)118-68(38-54-23-27-57(124)28-24-54)93(140)114-64(31-32-74(127)128)90(137)121-81(50(7)123)87(102)134/h11-14,17-19,22-30,44,46-51,61-70,72,75,80-82,123-125,129,131,133,145H,15-16,20-21,31-43,45,101H2,1-10H3,(H2,102,134)(H,107,110)(H,111,126)(H,112,135)(H,113,138)(H,114,140)(H,115,142)(H,116,136)(H,117,139)(H,118,141)(H,119,144)(H,120,143)(H,121,137)(H,127,128)(H4,103,104,108)(H4,105,106,109)/b122-52+/t50-,51+,61+,62+,63+,64+,65+,66+,67+,68+,69+,70+,72+,75+,80+,81+,82-,100+/m1/s1. The van der Waals surface area contributed by atoms with Gasteiger partial charge >= 0.3 is 5.97 Å². The Bertz CT molecular complexity index is 5800. The molecule has 808 valence electrons. The Balaban J connectivity index is 0.936. The molecule has 0 spiro atoms. The van der Waals surface area contributed by atoms with E-state index in [9.17, 15) is 79.2 Å². The highest BCUT2D eigenvalue weighted by atomic mass is 16.7. The minimum Gasteiger partial charge on any atom is -0.508 e. The van der Waals surface area contributed by atoms with E-state index < -0.39 is 276 Å². The number of hydrogen-bond donors (Lipinski definition) is 28. The quantitative estimate of drug-likeness (QED) is 0.00663. The number of phenols is 4. The molecular weight excluding hydrogens is 1940 g/mol. The molecule has 0 saturated carbocycles. The number of primary amides is 1. The van der Waals surface area contributed by atoms with Crippen LogP contribution in [0, 0.1) is 28.6 Å². The predicted molar refractivity (Wildman–Crippen MR) is 536 cm³/mol. The zero-order chi connectivity index (χ0) is 110. The monoisotopic (exact) mass is 2080 g/mol. The summed E-state index contributed by atoms with van der Waals surface area (Å²) in [7, 11) is 1.28. The molecule has 0 unspecified atom stereocenters. The Kier molecular flexibility index (Phi) is 42.7. The smallest absolute Gasteiger partial charge is 0.303 e. The number of ether oxygens (including phenoxy) is 3. The van der Waals surface area contributed by atoms with Crippen molar-refractivity contribution < 1.29 is 132 Å². The van der Waals surface area contributed by atoms with Gasteiger partial charge in [0.25, 0.3) is 5.91 Å². The highest BCUT2D eigenvalue weighted by molar-refractivity contribution is 6.31. The molecule has 2 aliphatic carbocycles. The summed E-state index contributed by atoms with van der Waals surface area (Å²) in [6.45, 7) is 13.0. The number of oxime groups is 1. The van der Waals surface area contributed by atoms with Gasteiger partial charge in [-0.3, -0.25) is 82.7 Å². The largest absolute Gasteiger partial charge is 0.508 e. The number of rotatable bonds is 54. The summed E-state index contributed by atoms with van der Waals surface area (Å²) in [5.41, 5.74) is 20.0. The molecule has 1 aromatic heterocycles. The number of methoxy groups -OCH3 is 1. The van der Waals surface area contributed by atoms with Gasteiger partial charge in [0.15, 0.2) is 30.6 Å². The number of aliphatic hydroxyl groups is 3. The number of aliphatic hydroxyl groups excluding tert-OH is 2. The number of phenolic OH excluding ortho intramolecular Hbond substituents is 4. The van der Waals surface area contributed by atoms with Crippen LogP contribution in [0.25, 0.3) is 0 Å². The minimum absolute atomic E-state index is 0.00440. The zero-order valence-electron chi connectivity index (χ0n) is 84.2. The molecule has 1 saturated heterocycles. The Morgan fingerprint density at radius 1 is 0.557 bits per heavy atom. The van der Waals surface area contributed by atoms with Crippen LogP contribution < -0.4 is 96.8 Å². The number of carboxylic acids is 1. The van der Waals surface area contributed by atoms with Crippen molar-refractivity contribution in [2.75, 3.05) is 26.8 Å². The number of ketones is 2. The number of carbonyl (C=O) groups excluding carboxylic acids is 14. The van der Waals surface area contributed by atoms with Crippen LogP contribution in [0.5, 0.6) is 28.7 Å². The number of aromatic hydroxyl groups is 4. The van der Waals surface area contributed by atoms with Crippen molar-refractivity contribution in [3.8, 4) is 28.7 Å². The number of imidazole rings is 1. The van der Waals surface area contributed by atoms with E-state index in [1.165, 1.54) is 100 Å². The Morgan fingerprint density at radius 3 is 1.48 bits per heavy atom. The van der Waals surface area contributed by atoms with Crippen LogP contribution in [-0.2, 0) is 109 Å². The first-order valence-corrected chi connectivity index (χ1v) is 48.7. The van der Waals surface area contributed by atoms with Crippen LogP contribution in [0.2, 0.25) is 0 Å². The molecule has 6 aromatic rings. The van der Waals surface area contributed by atoms with Gasteiger partial charge in [0.1, 0.15) is 101 Å². The highest BCUT2D eigenvalue weighted by Gasteiger charge is 2.51. The first kappa shape index (κ1) is 117. The van der Waals surface area contributed by atoms with Crippen molar-refractivity contribution in [2.45, 2.75) is 267 Å². The van der Waals surface area contributed by atoms with Gasteiger partial charge in [-0.2, -0.15) is 0 Å². The number of guanidine groups is 2. The van der Waals surface area contributed by atoms with E-state index in [1.54, 1.807) is 71.9 Å². The maximum absolute atomic E-state index is 15.3. The second-order valence-electron chi connectivity index (χ2n) is 38.4. The van der Waals surface area contributed by atoms with E-state index >= 15 is 33.6 Å². The third-order valence-electron chi connectivity index (χ3n) is 25.3. The number of benzene rings is 5. The summed E-state index contributed by atoms with van der Waals surface area (Å²) in [6.07, 6.45) is -8.19. The molecule has 5 aromatic carbocycles. The van der Waals surface area contributed by atoms with Crippen LogP contribution in [0.4, 0.5) is 0 Å². The lowest BCUT2D eigenvalue weighted by atomic mass is 9.72. The first-order chi connectivity index (χ1) is 70.4. The summed E-state index contributed by atoms with van der Waals surface area (Å²) in [5, 5.41) is 142. The van der Waals surface area contributed by atoms with Crippen LogP contribution in [0.3, 0.4) is 0 Å². The topological polar surface area (TPSA) is 804 Å². The lowest BCUT2D eigenvalue weighted by Gasteiger charge is -2.42. The Morgan fingerprint density at radius 2 is 1.01 bits per heavy atom. The van der Waals surface area contributed by atoms with Crippen molar-refractivity contribution in [2.24, 2.45) is 45.8 Å². The van der Waals surface area contributed by atoms with E-state index in [2.05, 4.69) is 84.2 Å². The number of nitrogens with one attached hydrogen (secondary N) is 16. The average Bonchev–Trinajstić information content (AvgIpc) is 1.22. The molecule has 49 nitrogen and oxygen atoms in total. The molecule has 149 heavy (non-hydrogen) atoms. The van der Waals surface area contributed by atoms with Crippen LogP contribution in [0.1, 0.15) is 198 Å². The summed E-state index contributed by atoms with van der Waals surface area (Å²) in [6, 6.07) is 4.80. The van der Waals surface area contributed by atoms with Gasteiger partial charge < -0.3 is 157 Å². The molecule has 1 fully saturated rings. The minimum atomic E-state index is -2.22. The summed E-state index contributed by atoms with van der Waals surface area (Å²) in [5.74, 6) is -19.8. The van der Waals surface area contributed by atoms with Crippen LogP contribution in [-0.4, -0.2) is 286 Å². The Labute approximate surface area is 858 Å². The van der Waals surface area contributed by atoms with Crippen LogP contribution >= 0.6 is 0 Å². The molecule has 18 atom stereocenters. The molecule has 0 radical (unpaired) electrons. The molecular formula is C100H136N22O27. The number of fused-ring (bicyclic) bond motifs is 3. The number of carboxylic acid groups (broad SMARTS) is 1. The molecule has 0 bridgehead atoms. The maximum atomic E-state index is 15.3. The number of aliphatic carboxylic acids is 1. The number of aromatic amines is 1. The SMILES string of the molecule is COc1cccc2c1C(=O)c1c(O)c3c(c(O)c1C2=O)C[C@@](O)(/C(C)=N/OCC(=O)N[C@@H](CC(C)C)C(=O)N[C@@H](CCCNC(=N)N)C(=O)N[C@@H](CCCNC(=N)N)C(=O)N[C@@H](Cc1ccc(O)cc1)C(=O)N[C@H](C(=O)N[C@@H](Cc1cnc[nH]1)C(=O)N[C@@H](CC(C)C)C(=O)N[C@@H](Cc1ccccc1)C(=O)N[C@@H](Cc1ccc(O)cc1)C(=O)N[C@@H](CCC(=O)O)C(=O)N[C@H](C(N)=O)[C@@H](C)O)C(C)C)C[C@@H]3O[C@H]1C[C@H](N)[C@H](O)[C@H](C)O1. The van der Waals surface area contributed by atoms with Crippen molar-refractivity contribution in [1.29, 1.82) is 10.8 Å². The van der Waals surface area contributed by atoms with Crippen molar-refractivity contribution in [3.63, 3.8) is 0 Å². The van der Waals surface area contributed by atoms with Crippen molar-refractivity contribution in [1.82, 2.24) is 79.1 Å². The molecule has 32 N–H and O–H groups in total. The molecule has 9 rings (SSSR count). The van der Waals surface area contributed by atoms with E-state index in [4.69, 9.17) is 52.8 Å². The fraction of sp³-hybridized carbons (Fsp3) is 0.490. The number of nitrogens with two attached hydrogens (primary N) is 4. The van der Waals surface area contributed by atoms with Crippen molar-refractivity contribution in [3.05, 3.63) is 165 Å². The van der Waals surface area contributed by atoms with E-state index in [0.29, 0.717) is 16.7 Å². The van der Waals surface area contributed by atoms with E-state index in [-0.39, 0.29) is 141 Å². The van der Waals surface area contributed by atoms with Gasteiger partial charge in [-0.05, 0) is 130 Å². The second kappa shape index (κ2) is 54.3. The van der Waals surface area contributed by atoms with Gasteiger partial charge in [-0.25, -0.2) is 4.98 Å². The Hall–Kier alpha value is -15.5. The first-order valence-electron chi connectivity index (χ1n) is 48.7. The third kappa shape index (κ3) is 33.3. The number of hydrogen-bond acceptors (Lipinski definition) is 31. The fourth-order valence-corrected chi connectivity index (χ4v) is 17.4. The lowest BCUT2D eigenvalue weighted by molar-refractivity contribution is -0.245. The fourth-order valence-electron chi connectivity index (χ4n) is 17.4. The van der Waals surface area contributed by atoms with Gasteiger partial charge in [0, 0.05) is 99.1 Å². The summed E-state index contributed by atoms with van der Waals surface area (Å²) >= 11 is 0. The van der Waals surface area contributed by atoms with Gasteiger partial charge in [-0.15, -0.1) is 0 Å². The van der Waals surface area contributed by atoms with E-state index in [1.807, 2.05) is 0 Å². The summed E-state index contributed by atoms with van der Waals surface area (Å²) in [4.78, 5) is 229. The molecule has 12 amide bonds. The number of carbonyl (C=O) groups is 15. The van der Waals surface area contributed by atoms with Crippen LogP contribution in [0.15, 0.2) is 115 Å². The highest BCUT2D eigenvalue weighted by Crippen LogP contribution is 2.53. The maximum Gasteiger partial charge on any atom is 0.303 e. The number of aromatic nitrogens is 2. The van der Waals surface area contributed by atoms with Gasteiger partial charge in [0.05, 0.1) is 60.3 Å². The average molecular weight is 2080 g/mol. The summed E-state index contributed by atoms with van der Waals surface area (Å²) < 4.78 is 17.8. The number of H-pyrrole nitrogens is 1. The van der Waals surface area contributed by atoms with Gasteiger partial charge in [0.2, 0.25) is 70.8 Å². The second-order valence-corrected chi connectivity index (χ2v) is 38.4. The molecule has 2 heterocycles. The molecule has 1 aliphatic heterocycles. The molecule has 49 heteroatoms. The normalized spacial score (nSPS) is 18.7. The van der Waals surface area contributed by atoms with E-state index in [0.717, 1.165) is 6.92 Å². The number of nitrogens with zero attached hydrogens (tertiary/aromatic N) is 2. The predicted octanol–water partition coefficient (Wildman–Crippen LogP) is -1.72. The molecule has 3 aliphatic rings. The third-order valence-corrected chi connectivity index (χ3v) is 25.3. The van der Waals surface area contributed by atoms with Crippen molar-refractivity contribution >= 4 is 106 Å².